The van der Waals surface area contributed by atoms with Crippen LogP contribution in [0.15, 0.2) is 16.6 Å². The highest BCUT2D eigenvalue weighted by molar-refractivity contribution is 9.10. The summed E-state index contributed by atoms with van der Waals surface area (Å²) in [5.41, 5.74) is 6.34. The zero-order valence-electron chi connectivity index (χ0n) is 11.7. The zero-order valence-corrected chi connectivity index (χ0v) is 13.3. The number of rotatable bonds is 3. The Kier molecular flexibility index (Phi) is 4.34. The molecule has 20 heavy (non-hydrogen) atoms. The summed E-state index contributed by atoms with van der Waals surface area (Å²) >= 11 is 3.25. The topological polar surface area (TPSA) is 58.4 Å². The summed E-state index contributed by atoms with van der Waals surface area (Å²) in [4.78, 5) is 13.8. The first-order chi connectivity index (χ1) is 9.42. The average molecular weight is 344 g/mol. The maximum absolute atomic E-state index is 14.4. The van der Waals surface area contributed by atoms with Crippen molar-refractivity contribution in [1.29, 1.82) is 0 Å². The van der Waals surface area contributed by atoms with Crippen molar-refractivity contribution in [3.05, 3.63) is 28.0 Å². The van der Waals surface area contributed by atoms with E-state index in [2.05, 4.69) is 21.2 Å². The van der Waals surface area contributed by atoms with Crippen LogP contribution in [0.2, 0.25) is 0 Å². The number of anilines is 1. The fraction of sp³-hybridized carbons (Fsp3) is 0.500. The van der Waals surface area contributed by atoms with E-state index in [1.165, 1.54) is 0 Å². The number of halogens is 2. The summed E-state index contributed by atoms with van der Waals surface area (Å²) in [5, 5.41) is 2.68. The highest BCUT2D eigenvalue weighted by Crippen LogP contribution is 2.37. The predicted molar refractivity (Wildman–Crippen MR) is 81.0 cm³/mol. The molecule has 1 unspecified atom stereocenters. The van der Waals surface area contributed by atoms with Gasteiger partial charge in [0.1, 0.15) is 0 Å². The number of nitrogens with one attached hydrogen (secondary N) is 1. The number of amides is 1. The molecule has 110 valence electrons. The molecule has 1 amide bonds. The van der Waals surface area contributed by atoms with Crippen LogP contribution in [0.3, 0.4) is 0 Å². The molecule has 1 atom stereocenters. The molecule has 1 aliphatic heterocycles. The molecule has 0 aliphatic carbocycles. The zero-order chi connectivity index (χ0) is 14.9. The lowest BCUT2D eigenvalue weighted by molar-refractivity contribution is -0.128. The second-order valence-corrected chi connectivity index (χ2v) is 6.18. The number of carbonyl (C=O) groups excluding carboxylic acids is 1. The fourth-order valence-electron chi connectivity index (χ4n) is 2.63. The van der Waals surface area contributed by atoms with Crippen molar-refractivity contribution in [3.63, 3.8) is 0 Å². The lowest BCUT2D eigenvalue weighted by Crippen LogP contribution is -2.39. The molecule has 4 nitrogen and oxygen atoms in total. The normalized spacial score (nSPS) is 22.1. The van der Waals surface area contributed by atoms with Crippen LogP contribution in [-0.2, 0) is 11.3 Å². The van der Waals surface area contributed by atoms with Crippen LogP contribution in [0.25, 0.3) is 0 Å². The molecule has 1 aromatic rings. The van der Waals surface area contributed by atoms with E-state index >= 15 is 0 Å². The van der Waals surface area contributed by atoms with Crippen LogP contribution in [0, 0.1) is 11.2 Å². The van der Waals surface area contributed by atoms with Gasteiger partial charge in [-0.15, -0.1) is 0 Å². The first-order valence-corrected chi connectivity index (χ1v) is 7.36. The lowest BCUT2D eigenvalue weighted by atomic mass is 9.89. The predicted octanol–water partition coefficient (Wildman–Crippen LogP) is 2.01. The standard InChI is InChI=1S/C14H19BrFN3O/c1-14(13(20)18-2)5-6-19(8-14)10-4-3-9(7-17)11(15)12(10)16/h3-4H,5-8,17H2,1-2H3,(H,18,20). The Labute approximate surface area is 126 Å². The van der Waals surface area contributed by atoms with Crippen molar-refractivity contribution in [2.75, 3.05) is 25.0 Å². The maximum atomic E-state index is 14.4. The van der Waals surface area contributed by atoms with Crippen molar-refractivity contribution in [2.45, 2.75) is 19.9 Å². The number of nitrogens with zero attached hydrogens (tertiary/aromatic N) is 1. The van der Waals surface area contributed by atoms with Gasteiger partial charge < -0.3 is 16.0 Å². The molecule has 0 spiro atoms. The summed E-state index contributed by atoms with van der Waals surface area (Å²) in [7, 11) is 1.63. The van der Waals surface area contributed by atoms with E-state index < -0.39 is 5.41 Å². The number of hydrogen-bond donors (Lipinski definition) is 2. The third kappa shape index (κ3) is 2.54. The first-order valence-electron chi connectivity index (χ1n) is 6.57. The van der Waals surface area contributed by atoms with Gasteiger partial charge >= 0.3 is 0 Å². The quantitative estimate of drug-likeness (QED) is 0.882. The van der Waals surface area contributed by atoms with E-state index in [4.69, 9.17) is 5.73 Å². The molecule has 1 aromatic carbocycles. The third-order valence-corrected chi connectivity index (χ3v) is 4.81. The highest BCUT2D eigenvalue weighted by atomic mass is 79.9. The minimum absolute atomic E-state index is 0.00180. The second-order valence-electron chi connectivity index (χ2n) is 5.39. The van der Waals surface area contributed by atoms with Crippen LogP contribution in [0.5, 0.6) is 0 Å². The minimum atomic E-state index is -0.472. The number of carbonyl (C=O) groups is 1. The van der Waals surface area contributed by atoms with Gasteiger partial charge in [0.15, 0.2) is 5.82 Å². The van der Waals surface area contributed by atoms with E-state index in [0.717, 1.165) is 5.56 Å². The van der Waals surface area contributed by atoms with E-state index in [0.29, 0.717) is 29.7 Å². The number of hydrogen-bond acceptors (Lipinski definition) is 3. The molecule has 1 heterocycles. The summed E-state index contributed by atoms with van der Waals surface area (Å²) in [6, 6.07) is 3.55. The number of benzene rings is 1. The van der Waals surface area contributed by atoms with Gasteiger partial charge in [-0.25, -0.2) is 4.39 Å². The van der Waals surface area contributed by atoms with Gasteiger partial charge in [0.05, 0.1) is 15.6 Å². The lowest BCUT2D eigenvalue weighted by Gasteiger charge is -2.24. The molecule has 0 radical (unpaired) electrons. The Morgan fingerprint density at radius 2 is 2.30 bits per heavy atom. The van der Waals surface area contributed by atoms with Crippen LogP contribution in [-0.4, -0.2) is 26.0 Å². The minimum Gasteiger partial charge on any atom is -0.368 e. The molecule has 2 rings (SSSR count). The Morgan fingerprint density at radius 3 is 2.90 bits per heavy atom. The molecule has 1 aliphatic rings. The van der Waals surface area contributed by atoms with Gasteiger partial charge in [0.2, 0.25) is 5.91 Å². The summed E-state index contributed by atoms with van der Waals surface area (Å²) in [6.07, 6.45) is 0.711. The van der Waals surface area contributed by atoms with Crippen molar-refractivity contribution >= 4 is 27.5 Å². The van der Waals surface area contributed by atoms with E-state index in [1.807, 2.05) is 17.9 Å². The Hall–Kier alpha value is -1.14. The van der Waals surface area contributed by atoms with Gasteiger partial charge in [-0.05, 0) is 40.9 Å². The summed E-state index contributed by atoms with van der Waals surface area (Å²) < 4.78 is 14.8. The summed E-state index contributed by atoms with van der Waals surface area (Å²) in [6.45, 7) is 3.37. The van der Waals surface area contributed by atoms with Crippen LogP contribution in [0.4, 0.5) is 10.1 Å². The molecule has 6 heteroatoms. The SMILES string of the molecule is CNC(=O)C1(C)CCN(c2ccc(CN)c(Br)c2F)C1. The molecular weight excluding hydrogens is 325 g/mol. The molecular formula is C14H19BrFN3O. The molecule has 0 bridgehead atoms. The molecule has 0 aromatic heterocycles. The van der Waals surface area contributed by atoms with Gasteiger partial charge in [0, 0.05) is 26.7 Å². The third-order valence-electron chi connectivity index (χ3n) is 3.95. The van der Waals surface area contributed by atoms with Crippen molar-refractivity contribution in [1.82, 2.24) is 5.32 Å². The average Bonchev–Trinajstić information content (AvgIpc) is 2.84. The fourth-order valence-corrected chi connectivity index (χ4v) is 3.13. The van der Waals surface area contributed by atoms with Crippen molar-refractivity contribution in [2.24, 2.45) is 11.1 Å². The van der Waals surface area contributed by atoms with Crippen molar-refractivity contribution in [3.8, 4) is 0 Å². The molecule has 1 fully saturated rings. The summed E-state index contributed by atoms with van der Waals surface area (Å²) in [5.74, 6) is -0.313. The Morgan fingerprint density at radius 1 is 1.60 bits per heavy atom. The molecule has 1 saturated heterocycles. The Balaban J connectivity index is 2.27. The van der Waals surface area contributed by atoms with Gasteiger partial charge in [-0.1, -0.05) is 6.07 Å². The number of nitrogens with two attached hydrogens (primary N) is 1. The van der Waals surface area contributed by atoms with Crippen LogP contribution in [0.1, 0.15) is 18.9 Å². The van der Waals surface area contributed by atoms with Crippen LogP contribution >= 0.6 is 15.9 Å². The van der Waals surface area contributed by atoms with E-state index in [-0.39, 0.29) is 18.3 Å². The second kappa shape index (κ2) is 5.69. The smallest absolute Gasteiger partial charge is 0.227 e. The van der Waals surface area contributed by atoms with E-state index in [9.17, 15) is 9.18 Å². The Bertz CT molecular complexity index is 537. The molecule has 0 saturated carbocycles. The first kappa shape index (κ1) is 15.3. The van der Waals surface area contributed by atoms with Gasteiger partial charge in [-0.3, -0.25) is 4.79 Å². The van der Waals surface area contributed by atoms with E-state index in [1.54, 1.807) is 13.1 Å². The van der Waals surface area contributed by atoms with Gasteiger partial charge in [-0.2, -0.15) is 0 Å². The maximum Gasteiger partial charge on any atom is 0.227 e. The monoisotopic (exact) mass is 343 g/mol. The highest BCUT2D eigenvalue weighted by Gasteiger charge is 2.40. The van der Waals surface area contributed by atoms with Crippen LogP contribution < -0.4 is 16.0 Å². The molecule has 3 N–H and O–H groups in total. The van der Waals surface area contributed by atoms with Gasteiger partial charge in [0.25, 0.3) is 0 Å². The van der Waals surface area contributed by atoms with Crippen molar-refractivity contribution < 1.29 is 9.18 Å². The largest absolute Gasteiger partial charge is 0.368 e.